The topological polar surface area (TPSA) is 619 Å². The summed E-state index contributed by atoms with van der Waals surface area (Å²) in [6.45, 7) is 0. The lowest BCUT2D eigenvalue weighted by Gasteiger charge is -2.50. The van der Waals surface area contributed by atoms with E-state index in [1.807, 2.05) is 0 Å². The molecular formula is C12H28N2O32P10. The SMILES string of the molecule is O=c1c(C(C(P(=O)(O)O)P(=O)(O)O)(C(P(=O)(O)O)P(=O)(O)O)C(P(=O)(O)O)P(=O)(O)O)c2n(c(=O)n1C(P(=O)(O)O)P(=O)(O)O)C(P(=O)(O)O)(P(=O)(O)O)CC2. The zero-order chi connectivity index (χ0) is 45.2. The molecule has 0 amide bonds. The van der Waals surface area contributed by atoms with Gasteiger partial charge in [-0.05, 0) is 6.42 Å². The highest BCUT2D eigenvalue weighted by Gasteiger charge is 2.80. The van der Waals surface area contributed by atoms with Crippen molar-refractivity contribution in [3.05, 3.63) is 32.1 Å². The van der Waals surface area contributed by atoms with Crippen molar-refractivity contribution in [2.75, 3.05) is 0 Å². The van der Waals surface area contributed by atoms with E-state index >= 15 is 0 Å². The van der Waals surface area contributed by atoms with Gasteiger partial charge >= 0.3 is 81.6 Å². The zero-order valence-electron chi connectivity index (χ0n) is 25.9. The minimum atomic E-state index is -7.81. The molecular weight excluding hydrogens is 994 g/mol. The Kier molecular flexibility index (Phi) is 13.9. The van der Waals surface area contributed by atoms with Gasteiger partial charge in [-0.3, -0.25) is 55.0 Å². The van der Waals surface area contributed by atoms with Gasteiger partial charge in [-0.1, -0.05) is 0 Å². The fraction of sp³-hybridized carbons (Fsp3) is 0.667. The van der Waals surface area contributed by atoms with Crippen LogP contribution in [0.2, 0.25) is 0 Å². The van der Waals surface area contributed by atoms with E-state index in [0.29, 0.717) is 0 Å². The maximum atomic E-state index is 14.5. The Bertz CT molecular complexity index is 2180. The van der Waals surface area contributed by atoms with E-state index < -0.39 is 153 Å². The maximum Gasteiger partial charge on any atom is 0.363 e. The Balaban J connectivity index is 4.29. The third-order valence-electron chi connectivity index (χ3n) is 7.84. The van der Waals surface area contributed by atoms with Crippen molar-refractivity contribution < 1.29 is 144 Å². The first-order valence-corrected chi connectivity index (χ1v) is 29.6. The minimum absolute atomic E-state index is 1.44. The lowest BCUT2D eigenvalue weighted by molar-refractivity contribution is 0.246. The predicted octanol–water partition coefficient (Wildman–Crippen LogP) is -4.98. The molecule has 0 radical (unpaired) electrons. The number of hydrogen-bond donors (Lipinski definition) is 20. The third kappa shape index (κ3) is 9.04. The third-order valence-corrected chi connectivity index (χ3v) is 27.4. The normalized spacial score (nSPS) is 17.4. The van der Waals surface area contributed by atoms with Crippen LogP contribution in [0.5, 0.6) is 0 Å². The lowest BCUT2D eigenvalue weighted by Crippen LogP contribution is -2.61. The van der Waals surface area contributed by atoms with E-state index in [2.05, 4.69) is 0 Å². The van der Waals surface area contributed by atoms with Crippen LogP contribution >= 0.6 is 76.0 Å². The van der Waals surface area contributed by atoms with Gasteiger partial charge in [0.1, 0.15) is 0 Å². The Hall–Kier alpha value is 0.180. The molecule has 0 unspecified atom stereocenters. The second-order valence-electron chi connectivity index (χ2n) is 11.6. The monoisotopic (exact) mass is 1020 g/mol. The van der Waals surface area contributed by atoms with Gasteiger partial charge in [-0.2, -0.15) is 0 Å². The Morgan fingerprint density at radius 1 is 0.464 bits per heavy atom. The average molecular weight is 1020 g/mol. The van der Waals surface area contributed by atoms with Gasteiger partial charge in [0.15, 0.2) is 16.2 Å². The van der Waals surface area contributed by atoms with Crippen LogP contribution in [-0.2, 0) is 62.5 Å². The van der Waals surface area contributed by atoms with Crippen LogP contribution in [0.15, 0.2) is 9.59 Å². The summed E-state index contributed by atoms with van der Waals surface area (Å²) >= 11 is 0. The molecule has 1 aromatic heterocycles. The predicted molar refractivity (Wildman–Crippen MR) is 174 cm³/mol. The molecule has 1 aliphatic rings. The molecule has 0 atom stereocenters. The molecule has 1 aliphatic heterocycles. The van der Waals surface area contributed by atoms with Crippen LogP contribution in [0.1, 0.15) is 23.2 Å². The molecule has 0 saturated heterocycles. The highest BCUT2D eigenvalue weighted by molar-refractivity contribution is 7.75. The molecule has 56 heavy (non-hydrogen) atoms. The van der Waals surface area contributed by atoms with Crippen LogP contribution in [0.25, 0.3) is 0 Å². The van der Waals surface area contributed by atoms with E-state index in [4.69, 9.17) is 0 Å². The van der Waals surface area contributed by atoms with E-state index in [0.717, 1.165) is 0 Å². The van der Waals surface area contributed by atoms with Crippen molar-refractivity contribution in [1.29, 1.82) is 0 Å². The maximum absolute atomic E-state index is 14.5. The summed E-state index contributed by atoms with van der Waals surface area (Å²) in [6.07, 6.45) is -4.45. The first-order valence-electron chi connectivity index (χ1n) is 12.9. The molecule has 328 valence electrons. The molecule has 0 fully saturated rings. The second kappa shape index (κ2) is 14.9. The van der Waals surface area contributed by atoms with Crippen molar-refractivity contribution in [3.8, 4) is 0 Å². The van der Waals surface area contributed by atoms with Gasteiger partial charge in [-0.25, -0.2) is 9.36 Å². The molecule has 0 aliphatic carbocycles. The van der Waals surface area contributed by atoms with Gasteiger partial charge < -0.3 is 97.9 Å². The van der Waals surface area contributed by atoms with Crippen LogP contribution in [-0.4, -0.2) is 123 Å². The van der Waals surface area contributed by atoms with Gasteiger partial charge in [0, 0.05) is 17.7 Å². The molecule has 0 aromatic carbocycles. The summed E-state index contributed by atoms with van der Waals surface area (Å²) < 4.78 is 126. The lowest BCUT2D eigenvalue weighted by atomic mass is 9.83. The van der Waals surface area contributed by atoms with Gasteiger partial charge in [0.05, 0.1) is 5.41 Å². The molecule has 2 rings (SSSR count). The van der Waals surface area contributed by atoms with Crippen molar-refractivity contribution >= 4 is 76.0 Å². The largest absolute Gasteiger partial charge is 0.363 e. The van der Waals surface area contributed by atoms with E-state index in [1.54, 1.807) is 0 Å². The van der Waals surface area contributed by atoms with E-state index in [9.17, 15) is 153 Å². The van der Waals surface area contributed by atoms with Gasteiger partial charge in [0.25, 0.3) is 10.6 Å². The number of rotatable bonds is 15. The smallest absolute Gasteiger partial charge is 0.324 e. The minimum Gasteiger partial charge on any atom is -0.324 e. The highest BCUT2D eigenvalue weighted by Crippen LogP contribution is 2.84. The fourth-order valence-corrected chi connectivity index (χ4v) is 24.3. The molecule has 20 N–H and O–H groups in total. The van der Waals surface area contributed by atoms with Crippen LogP contribution in [0.3, 0.4) is 0 Å². The second-order valence-corrected chi connectivity index (χ2v) is 30.7. The quantitative estimate of drug-likeness (QED) is 0.0732. The van der Waals surface area contributed by atoms with Crippen LogP contribution in [0.4, 0.5) is 0 Å². The summed E-state index contributed by atoms with van der Waals surface area (Å²) in [5, 5.41) is -21.0. The fourth-order valence-electron chi connectivity index (χ4n) is 6.57. The van der Waals surface area contributed by atoms with Crippen molar-refractivity contribution in [2.45, 2.75) is 45.0 Å². The number of nitrogens with zero attached hydrogens (tertiary/aromatic N) is 2. The van der Waals surface area contributed by atoms with Crippen molar-refractivity contribution in [2.24, 2.45) is 0 Å². The van der Waals surface area contributed by atoms with Gasteiger partial charge in [0.2, 0.25) is 5.52 Å². The molecule has 34 nitrogen and oxygen atoms in total. The van der Waals surface area contributed by atoms with Gasteiger partial charge in [-0.15, -0.1) is 0 Å². The zero-order valence-corrected chi connectivity index (χ0v) is 34.9. The molecule has 44 heteroatoms. The summed E-state index contributed by atoms with van der Waals surface area (Å²) in [6, 6.07) is 0. The Labute approximate surface area is 305 Å². The molecule has 0 bridgehead atoms. The van der Waals surface area contributed by atoms with Crippen molar-refractivity contribution in [3.63, 3.8) is 0 Å². The van der Waals surface area contributed by atoms with E-state index in [-0.39, 0.29) is 0 Å². The summed E-state index contributed by atoms with van der Waals surface area (Å²) in [4.78, 5) is 232. The number of hydrogen-bond acceptors (Lipinski definition) is 12. The molecule has 0 saturated carbocycles. The summed E-state index contributed by atoms with van der Waals surface area (Å²) in [5.74, 6) is 0. The van der Waals surface area contributed by atoms with E-state index in [1.165, 1.54) is 0 Å². The number of fused-ring (bicyclic) bond motifs is 1. The first kappa shape index (κ1) is 52.3. The molecule has 0 spiro atoms. The first-order chi connectivity index (χ1) is 24.0. The standard InChI is InChI=1S/C12H28N2O32P10/c15-5-4(3-1-2-11(55(41,42)43,56(44,45)46)14(3)9(16)13(5)10(53(35,36)37)54(38,39)40)12(6(47(17,18)19)48(20,21)22,7(49(23,24)25)50(26,27)28)8(51(29,30)31)52(32,33)34/h6-8,10H,1-2H2,(H2,17,18,19)(H2,20,21,22)(H2,23,24,25)(H2,26,27,28)(H2,29,30,31)(H2,32,33,34)(H2,35,36,37)(H2,38,39,40)(H2,41,42,43)(H2,44,45,46). The Morgan fingerprint density at radius 2 is 0.732 bits per heavy atom. The molecule has 2 heterocycles. The molecule has 1 aromatic rings. The summed E-state index contributed by atoms with van der Waals surface area (Å²) in [7, 11) is -75.5. The average Bonchev–Trinajstić information content (AvgIpc) is 3.21. The van der Waals surface area contributed by atoms with Crippen LogP contribution in [0, 0.1) is 0 Å². The number of aromatic nitrogens is 2. The highest BCUT2D eigenvalue weighted by atomic mass is 31.3. The Morgan fingerprint density at radius 3 is 0.946 bits per heavy atom. The summed E-state index contributed by atoms with van der Waals surface area (Å²) in [5.41, 5.74) is -23.7. The van der Waals surface area contributed by atoms with Crippen LogP contribution < -0.4 is 11.2 Å². The van der Waals surface area contributed by atoms with Crippen molar-refractivity contribution in [1.82, 2.24) is 9.13 Å².